The van der Waals surface area contributed by atoms with E-state index in [-0.39, 0.29) is 11.4 Å². The topological polar surface area (TPSA) is 64.3 Å². The Bertz CT molecular complexity index is 1110. The molecule has 0 atom stereocenters. The molecule has 0 fully saturated rings. The van der Waals surface area contributed by atoms with Gasteiger partial charge in [-0.3, -0.25) is 0 Å². The van der Waals surface area contributed by atoms with Crippen LogP contribution in [-0.2, 0) is 5.60 Å². The normalized spacial score (nSPS) is 14.3. The van der Waals surface area contributed by atoms with Crippen molar-refractivity contribution in [3.05, 3.63) is 62.9 Å². The van der Waals surface area contributed by atoms with Gasteiger partial charge in [0.25, 0.3) is 0 Å². The van der Waals surface area contributed by atoms with E-state index in [2.05, 4.69) is 27.7 Å². The Balaban J connectivity index is 2.12. The predicted molar refractivity (Wildman–Crippen MR) is 102 cm³/mol. The van der Waals surface area contributed by atoms with Crippen molar-refractivity contribution in [1.82, 2.24) is 9.78 Å². The molecule has 0 aliphatic carbocycles. The molecule has 3 aromatic rings. The number of benzene rings is 2. The summed E-state index contributed by atoms with van der Waals surface area (Å²) in [6, 6.07) is 8.51. The highest BCUT2D eigenvalue weighted by Crippen LogP contribution is 2.47. The lowest BCUT2D eigenvalue weighted by molar-refractivity contribution is 0.0664. The maximum Gasteiger partial charge on any atom is 0.356 e. The number of hydrogen-bond acceptors (Lipinski definition) is 3. The van der Waals surface area contributed by atoms with E-state index in [1.54, 1.807) is 19.9 Å². The van der Waals surface area contributed by atoms with Crippen molar-refractivity contribution in [2.75, 3.05) is 0 Å². The number of aromatic carboxylic acids is 1. The van der Waals surface area contributed by atoms with Crippen LogP contribution in [0.4, 0.5) is 8.78 Å². The van der Waals surface area contributed by atoms with Gasteiger partial charge in [-0.25, -0.2) is 18.3 Å². The molecule has 0 saturated heterocycles. The van der Waals surface area contributed by atoms with E-state index in [9.17, 15) is 18.7 Å². The van der Waals surface area contributed by atoms with E-state index in [0.29, 0.717) is 22.6 Å². The Hall–Kier alpha value is -2.49. The molecule has 0 amide bonds. The highest BCUT2D eigenvalue weighted by atomic mass is 127. The van der Waals surface area contributed by atoms with Gasteiger partial charge >= 0.3 is 5.97 Å². The molecule has 5 nitrogen and oxygen atoms in total. The zero-order chi connectivity index (χ0) is 19.5. The van der Waals surface area contributed by atoms with E-state index in [1.165, 1.54) is 10.7 Å². The van der Waals surface area contributed by atoms with Crippen molar-refractivity contribution in [2.45, 2.75) is 19.4 Å². The summed E-state index contributed by atoms with van der Waals surface area (Å²) in [6.07, 6.45) is 0. The molecule has 1 aromatic heterocycles. The Morgan fingerprint density at radius 1 is 1.22 bits per heavy atom. The molecular formula is C19H13F2IN2O3. The zero-order valence-electron chi connectivity index (χ0n) is 14.3. The first-order valence-corrected chi connectivity index (χ1v) is 9.08. The lowest BCUT2D eigenvalue weighted by Gasteiger charge is -2.33. The van der Waals surface area contributed by atoms with Crippen LogP contribution >= 0.6 is 22.6 Å². The summed E-state index contributed by atoms with van der Waals surface area (Å²) < 4.78 is 36.0. The number of carbonyl (C=O) groups is 1. The maximum absolute atomic E-state index is 14.5. The fraction of sp³-hybridized carbons (Fsp3) is 0.158. The molecule has 0 bridgehead atoms. The summed E-state index contributed by atoms with van der Waals surface area (Å²) in [5.74, 6) is -2.28. The molecule has 1 aliphatic rings. The van der Waals surface area contributed by atoms with E-state index in [4.69, 9.17) is 4.74 Å². The second-order valence-corrected chi connectivity index (χ2v) is 7.88. The van der Waals surface area contributed by atoms with Gasteiger partial charge in [0.15, 0.2) is 11.5 Å². The summed E-state index contributed by atoms with van der Waals surface area (Å²) in [5, 5.41) is 13.8. The number of aromatic nitrogens is 2. The van der Waals surface area contributed by atoms with Crippen LogP contribution in [0.15, 0.2) is 36.4 Å². The molecule has 1 aliphatic heterocycles. The van der Waals surface area contributed by atoms with Crippen molar-refractivity contribution in [3.63, 3.8) is 0 Å². The molecule has 1 N–H and O–H groups in total. The minimum absolute atomic E-state index is 0.0395. The van der Waals surface area contributed by atoms with Crippen molar-refractivity contribution in [3.8, 4) is 22.7 Å². The Morgan fingerprint density at radius 3 is 2.63 bits per heavy atom. The molecular weight excluding hydrogens is 469 g/mol. The molecule has 0 saturated carbocycles. The summed E-state index contributed by atoms with van der Waals surface area (Å²) in [6.45, 7) is 3.46. The Kier molecular flexibility index (Phi) is 3.99. The van der Waals surface area contributed by atoms with Crippen molar-refractivity contribution < 1.29 is 23.4 Å². The standard InChI is InChI=1S/C19H13F2IN2O3/c1-19(2)15-16(18(25)26)23-24(13-6-3-9(20)7-12(13)21)17(15)11-5-4-10(22)8-14(11)27-19/h3-8H,1-2H3,(H,25,26). The first-order chi connectivity index (χ1) is 12.7. The third kappa shape index (κ3) is 2.78. The molecule has 8 heteroatoms. The van der Waals surface area contributed by atoms with Gasteiger partial charge in [-0.1, -0.05) is 0 Å². The van der Waals surface area contributed by atoms with Crippen LogP contribution in [0.3, 0.4) is 0 Å². The van der Waals surface area contributed by atoms with Gasteiger partial charge in [-0.2, -0.15) is 5.10 Å². The molecule has 2 aromatic carbocycles. The van der Waals surface area contributed by atoms with Gasteiger partial charge in [0.05, 0.1) is 11.3 Å². The fourth-order valence-corrected chi connectivity index (χ4v) is 3.78. The molecule has 138 valence electrons. The van der Waals surface area contributed by atoms with Gasteiger partial charge in [0, 0.05) is 15.2 Å². The minimum atomic E-state index is -1.25. The summed E-state index contributed by atoms with van der Waals surface area (Å²) in [5.41, 5.74) is 0.0710. The van der Waals surface area contributed by atoms with Crippen LogP contribution in [-0.4, -0.2) is 20.9 Å². The minimum Gasteiger partial charge on any atom is -0.482 e. The smallest absolute Gasteiger partial charge is 0.356 e. The highest BCUT2D eigenvalue weighted by molar-refractivity contribution is 14.1. The number of halogens is 3. The number of ether oxygens (including phenoxy) is 1. The average Bonchev–Trinajstić information content (AvgIpc) is 2.96. The maximum atomic E-state index is 14.5. The van der Waals surface area contributed by atoms with Crippen LogP contribution < -0.4 is 4.74 Å². The van der Waals surface area contributed by atoms with Crippen LogP contribution in [0.5, 0.6) is 5.75 Å². The van der Waals surface area contributed by atoms with E-state index < -0.39 is 23.2 Å². The average molecular weight is 482 g/mol. The third-order valence-corrected chi connectivity index (χ3v) is 5.06. The van der Waals surface area contributed by atoms with Gasteiger partial charge in [-0.15, -0.1) is 0 Å². The van der Waals surface area contributed by atoms with Crippen LogP contribution in [0.2, 0.25) is 0 Å². The van der Waals surface area contributed by atoms with Gasteiger partial charge < -0.3 is 9.84 Å². The van der Waals surface area contributed by atoms with Crippen LogP contribution in [0.1, 0.15) is 29.9 Å². The van der Waals surface area contributed by atoms with Gasteiger partial charge in [0.1, 0.15) is 22.9 Å². The quantitative estimate of drug-likeness (QED) is 0.536. The molecule has 0 radical (unpaired) electrons. The lowest BCUT2D eigenvalue weighted by Crippen LogP contribution is -2.31. The molecule has 2 heterocycles. The number of nitrogens with zero attached hydrogens (tertiary/aromatic N) is 2. The van der Waals surface area contributed by atoms with Crippen molar-refractivity contribution in [2.24, 2.45) is 0 Å². The number of rotatable bonds is 2. The molecule has 4 rings (SSSR count). The third-order valence-electron chi connectivity index (χ3n) is 4.39. The van der Waals surface area contributed by atoms with E-state index >= 15 is 0 Å². The number of hydrogen-bond donors (Lipinski definition) is 1. The first-order valence-electron chi connectivity index (χ1n) is 8.00. The van der Waals surface area contributed by atoms with Crippen LogP contribution in [0.25, 0.3) is 16.9 Å². The first kappa shape index (κ1) is 17.9. The fourth-order valence-electron chi connectivity index (χ4n) is 3.32. The highest BCUT2D eigenvalue weighted by Gasteiger charge is 2.41. The van der Waals surface area contributed by atoms with Gasteiger partial charge in [-0.05, 0) is 66.8 Å². The van der Waals surface area contributed by atoms with Crippen molar-refractivity contribution >= 4 is 28.6 Å². The molecule has 0 unspecified atom stereocenters. The van der Waals surface area contributed by atoms with Crippen LogP contribution in [0, 0.1) is 15.2 Å². The SMILES string of the molecule is CC1(C)Oc2cc(I)ccc2-c2c1c(C(=O)O)nn2-c1ccc(F)cc1F. The predicted octanol–water partition coefficient (Wildman–Crippen LogP) is 4.75. The second kappa shape index (κ2) is 6.01. The monoisotopic (exact) mass is 482 g/mol. The molecule has 27 heavy (non-hydrogen) atoms. The number of fused-ring (bicyclic) bond motifs is 3. The van der Waals surface area contributed by atoms with E-state index in [1.807, 2.05) is 12.1 Å². The summed E-state index contributed by atoms with van der Waals surface area (Å²) in [4.78, 5) is 11.8. The largest absolute Gasteiger partial charge is 0.482 e. The number of carboxylic acid groups (broad SMARTS) is 1. The van der Waals surface area contributed by atoms with Crippen molar-refractivity contribution in [1.29, 1.82) is 0 Å². The summed E-state index contributed by atoms with van der Waals surface area (Å²) in [7, 11) is 0. The summed E-state index contributed by atoms with van der Waals surface area (Å²) >= 11 is 2.14. The second-order valence-electron chi connectivity index (χ2n) is 6.64. The van der Waals surface area contributed by atoms with Gasteiger partial charge in [0.2, 0.25) is 0 Å². The Labute approximate surface area is 166 Å². The Morgan fingerprint density at radius 2 is 1.96 bits per heavy atom. The lowest BCUT2D eigenvalue weighted by atomic mass is 9.89. The number of carboxylic acids is 1. The van der Waals surface area contributed by atoms with E-state index in [0.717, 1.165) is 15.7 Å². The molecule has 0 spiro atoms. The zero-order valence-corrected chi connectivity index (χ0v) is 16.4.